The van der Waals surface area contributed by atoms with Crippen molar-refractivity contribution in [3.63, 3.8) is 0 Å². The first-order chi connectivity index (χ1) is 49.0. The Kier molecular flexibility index (Phi) is 37.6. The van der Waals surface area contributed by atoms with E-state index in [0.29, 0.717) is 34.6 Å². The fraction of sp³-hybridized carbons (Fsp3) is 0.597. The molecule has 1 saturated heterocycles. The summed E-state index contributed by atoms with van der Waals surface area (Å²) in [5.74, 6) is -7.39. The Hall–Kier alpha value is -7.88. The Labute approximate surface area is 622 Å². The van der Waals surface area contributed by atoms with Crippen LogP contribution in [-0.4, -0.2) is 222 Å². The SMILES string of the molecule is CCSSC[C@H](NC(=O)O)C(=O)NCCOCCOCC(=O)N[C@@H](Cc1ccc(OC(C)(C)C)cc1)C(=O)N[C@@H](COC(C)(C)C)C(=O)N[C@H](C(=O)N[C@H]1COC(=O)[C@H](CCSC)NC(=O)[C@H](C(C)CC)NC(=O)[C@H](Cc2ccccc2)NC(=O)[C@H](Cc2ccc(O)cc2)NC1=O)C(C)OC(C)(C)C. The van der Waals surface area contributed by atoms with Crippen molar-refractivity contribution in [3.05, 3.63) is 95.6 Å². The first-order valence-corrected chi connectivity index (χ1v) is 38.5. The maximum Gasteiger partial charge on any atom is 0.405 e. The van der Waals surface area contributed by atoms with Crippen LogP contribution in [0.15, 0.2) is 78.9 Å². The van der Waals surface area contributed by atoms with Crippen LogP contribution in [0.2, 0.25) is 0 Å². The van der Waals surface area contributed by atoms with Crippen molar-refractivity contribution >= 4 is 98.6 Å². The van der Waals surface area contributed by atoms with Gasteiger partial charge in [-0.25, -0.2) is 9.59 Å². The van der Waals surface area contributed by atoms with Gasteiger partial charge in [0.2, 0.25) is 53.2 Å². The van der Waals surface area contributed by atoms with E-state index in [2.05, 4.69) is 53.2 Å². The van der Waals surface area contributed by atoms with Gasteiger partial charge in [0.15, 0.2) is 0 Å². The zero-order valence-electron chi connectivity index (χ0n) is 62.0. The van der Waals surface area contributed by atoms with Crippen LogP contribution in [0.4, 0.5) is 4.79 Å². The second-order valence-electron chi connectivity index (χ2n) is 27.8. The summed E-state index contributed by atoms with van der Waals surface area (Å²) >= 11 is 1.37. The number of carbonyl (C=O) groups excluding carboxylic acids is 10. The first kappa shape index (κ1) is 88.5. The Morgan fingerprint density at radius 1 is 0.625 bits per heavy atom. The van der Waals surface area contributed by atoms with Gasteiger partial charge in [0.25, 0.3) is 0 Å². The molecule has 10 amide bonds. The summed E-state index contributed by atoms with van der Waals surface area (Å²) in [4.78, 5) is 156. The summed E-state index contributed by atoms with van der Waals surface area (Å²) in [6, 6.07) is 8.31. The number of thioether (sulfide) groups is 1. The minimum Gasteiger partial charge on any atom is -0.508 e. The molecule has 29 nitrogen and oxygen atoms in total. The lowest BCUT2D eigenvalue weighted by Gasteiger charge is -2.33. The number of hydrogen-bond donors (Lipinski definition) is 12. The minimum atomic E-state index is -1.87. The average molecular weight is 1510 g/mol. The maximum atomic E-state index is 15.3. The van der Waals surface area contributed by atoms with Crippen LogP contribution in [0.25, 0.3) is 0 Å². The van der Waals surface area contributed by atoms with Gasteiger partial charge in [0, 0.05) is 37.3 Å². The molecule has 32 heteroatoms. The van der Waals surface area contributed by atoms with Gasteiger partial charge in [0.05, 0.1) is 43.7 Å². The van der Waals surface area contributed by atoms with E-state index in [1.807, 2.05) is 34.6 Å². The molecule has 3 aromatic carbocycles. The molecule has 1 fully saturated rings. The third kappa shape index (κ3) is 33.9. The van der Waals surface area contributed by atoms with Crippen LogP contribution in [0, 0.1) is 5.92 Å². The van der Waals surface area contributed by atoms with Gasteiger partial charge in [-0.15, -0.1) is 0 Å². The zero-order valence-corrected chi connectivity index (χ0v) is 64.5. The van der Waals surface area contributed by atoms with Gasteiger partial charge in [-0.1, -0.05) is 103 Å². The van der Waals surface area contributed by atoms with Crippen molar-refractivity contribution in [2.75, 3.05) is 69.7 Å². The molecule has 1 aliphatic heterocycles. The Bertz CT molecular complexity index is 3270. The lowest BCUT2D eigenvalue weighted by atomic mass is 9.96. The van der Waals surface area contributed by atoms with E-state index in [1.54, 1.807) is 109 Å². The molecular formula is C72H108N10O19S3. The van der Waals surface area contributed by atoms with Gasteiger partial charge < -0.3 is 91.8 Å². The highest BCUT2D eigenvalue weighted by atomic mass is 33.1. The molecule has 0 bridgehead atoms. The van der Waals surface area contributed by atoms with Crippen LogP contribution < -0.4 is 57.9 Å². The summed E-state index contributed by atoms with van der Waals surface area (Å²) in [5, 5.41) is 46.0. The number of rotatable bonds is 37. The zero-order chi connectivity index (χ0) is 77.3. The molecule has 3 aromatic rings. The highest BCUT2D eigenvalue weighted by Gasteiger charge is 2.40. The van der Waals surface area contributed by atoms with Crippen molar-refractivity contribution in [1.29, 1.82) is 0 Å². The summed E-state index contributed by atoms with van der Waals surface area (Å²) in [7, 11) is 2.84. The topological polar surface area (TPSA) is 404 Å². The third-order valence-corrected chi connectivity index (χ3v) is 18.6. The molecule has 1 heterocycles. The first-order valence-electron chi connectivity index (χ1n) is 34.6. The molecule has 11 atom stereocenters. The Balaban J connectivity index is 1.72. The Morgan fingerprint density at radius 3 is 1.82 bits per heavy atom. The normalized spacial score (nSPS) is 18.9. The van der Waals surface area contributed by atoms with Crippen LogP contribution in [0.1, 0.15) is 120 Å². The van der Waals surface area contributed by atoms with Crippen LogP contribution in [0.5, 0.6) is 11.5 Å². The van der Waals surface area contributed by atoms with Gasteiger partial charge in [0.1, 0.15) is 84.7 Å². The summed E-state index contributed by atoms with van der Waals surface area (Å²) < 4.78 is 35.4. The van der Waals surface area contributed by atoms with Crippen LogP contribution in [-0.2, 0) is 90.9 Å². The molecule has 0 saturated carbocycles. The van der Waals surface area contributed by atoms with Gasteiger partial charge in [-0.3, -0.25) is 43.2 Å². The number of carbonyl (C=O) groups is 11. The fourth-order valence-corrected chi connectivity index (χ4v) is 12.5. The van der Waals surface area contributed by atoms with E-state index in [0.717, 1.165) is 5.75 Å². The molecule has 578 valence electrons. The standard InChI is InChI=1S/C72H108N10O19S3/c1-15-43(3)58-66(91)75-50(30-35-102-14)68(93)98-39-54(64(89)77-52(38-46-22-26-48(83)27-23-46)62(87)76-53(63(88)81-58)36-45-20-18-17-19-21-45)79-67(92)59(44(4)100-71(8,9)10)82-65(90)55(40-99-70(5,6)7)78-61(86)51(37-47-24-28-49(29-25-47)101-72(11,12)13)74-57(84)41-97-34-33-96-32-31-73-60(85)56(80-69(94)95)42-104-103-16-2/h17-29,43-44,50-56,58-59,80,83H,15-16,30-42H2,1-14H3,(H,73,85)(H,74,84)(H,75,91)(H,76,87)(H,77,89)(H,78,86)(H,79,92)(H,81,88)(H,82,90)(H,94,95)/t43?,44?,50-,51-,52-,53-,54-,55-,56-,58-,59-/m0/s1. The maximum absolute atomic E-state index is 15.3. The number of nitrogens with one attached hydrogen (secondary N) is 10. The monoisotopic (exact) mass is 1510 g/mol. The number of amides is 10. The molecule has 104 heavy (non-hydrogen) atoms. The van der Waals surface area contributed by atoms with Crippen molar-refractivity contribution in [3.8, 4) is 11.5 Å². The predicted octanol–water partition coefficient (Wildman–Crippen LogP) is 4.04. The summed E-state index contributed by atoms with van der Waals surface area (Å²) in [5.41, 5.74) is -0.825. The van der Waals surface area contributed by atoms with E-state index in [1.165, 1.54) is 64.5 Å². The average Bonchev–Trinajstić information content (AvgIpc) is 0.837. The van der Waals surface area contributed by atoms with Gasteiger partial charge >= 0.3 is 12.1 Å². The number of phenols is 1. The number of phenolic OH excluding ortho intramolecular Hbond substituents is 1. The molecule has 0 radical (unpaired) electrons. The number of carboxylic acid groups (broad SMARTS) is 1. The van der Waals surface area contributed by atoms with Crippen molar-refractivity contribution in [2.45, 2.75) is 199 Å². The molecule has 4 rings (SSSR count). The minimum absolute atomic E-state index is 0.0150. The van der Waals surface area contributed by atoms with Crippen LogP contribution >= 0.6 is 33.3 Å². The summed E-state index contributed by atoms with van der Waals surface area (Å²) in [6.07, 6.45) is -0.799. The van der Waals surface area contributed by atoms with Crippen molar-refractivity contribution < 1.29 is 91.4 Å². The lowest BCUT2D eigenvalue weighted by Crippen LogP contribution is -2.64. The number of ether oxygens (including phenoxy) is 6. The van der Waals surface area contributed by atoms with Crippen LogP contribution in [0.3, 0.4) is 0 Å². The number of cyclic esters (lactones) is 1. The highest BCUT2D eigenvalue weighted by molar-refractivity contribution is 8.76. The molecule has 0 aliphatic carbocycles. The van der Waals surface area contributed by atoms with Crippen molar-refractivity contribution in [2.24, 2.45) is 5.92 Å². The van der Waals surface area contributed by atoms with E-state index in [-0.39, 0.29) is 63.6 Å². The van der Waals surface area contributed by atoms with Gasteiger partial charge in [-0.2, -0.15) is 11.8 Å². The number of hydrogen-bond acceptors (Lipinski definition) is 21. The third-order valence-electron chi connectivity index (χ3n) is 15.5. The molecule has 0 spiro atoms. The van der Waals surface area contributed by atoms with E-state index in [4.69, 9.17) is 28.4 Å². The second kappa shape index (κ2) is 44.2. The smallest absolute Gasteiger partial charge is 0.405 e. The van der Waals surface area contributed by atoms with E-state index >= 15 is 14.4 Å². The second-order valence-corrected chi connectivity index (χ2v) is 31.6. The number of benzene rings is 3. The molecular weight excluding hydrogens is 1410 g/mol. The quantitative estimate of drug-likeness (QED) is 0.0220. The molecule has 0 aromatic heterocycles. The van der Waals surface area contributed by atoms with E-state index < -0.39 is 168 Å². The fourth-order valence-electron chi connectivity index (χ4n) is 10.2. The Morgan fingerprint density at radius 2 is 1.22 bits per heavy atom. The molecule has 12 N–H and O–H groups in total. The largest absolute Gasteiger partial charge is 0.508 e. The van der Waals surface area contributed by atoms with E-state index in [9.17, 15) is 48.6 Å². The predicted molar refractivity (Wildman–Crippen MR) is 398 cm³/mol. The van der Waals surface area contributed by atoms with Gasteiger partial charge in [-0.05, 0) is 135 Å². The highest BCUT2D eigenvalue weighted by Crippen LogP contribution is 2.23. The molecule has 2 unspecified atom stereocenters. The number of esters is 1. The van der Waals surface area contributed by atoms with Crippen molar-refractivity contribution in [1.82, 2.24) is 53.2 Å². The molecule has 1 aliphatic rings. The lowest BCUT2D eigenvalue weighted by molar-refractivity contribution is -0.151. The summed E-state index contributed by atoms with van der Waals surface area (Å²) in [6.45, 7) is 20.8. The number of aromatic hydroxyl groups is 1.